The fourth-order valence-corrected chi connectivity index (χ4v) is 2.77. The summed E-state index contributed by atoms with van der Waals surface area (Å²) in [5.41, 5.74) is 0.650. The maximum atomic E-state index is 12.0. The van der Waals surface area contributed by atoms with Gasteiger partial charge in [0, 0.05) is 23.7 Å². The first-order valence-electron chi connectivity index (χ1n) is 5.99. The van der Waals surface area contributed by atoms with Gasteiger partial charge in [0.2, 0.25) is 0 Å². The van der Waals surface area contributed by atoms with E-state index in [0.29, 0.717) is 12.2 Å². The van der Waals surface area contributed by atoms with E-state index in [-0.39, 0.29) is 29.9 Å². The van der Waals surface area contributed by atoms with Crippen LogP contribution in [0.3, 0.4) is 0 Å². The molecule has 0 aromatic carbocycles. The Morgan fingerprint density at radius 2 is 2.37 bits per heavy atom. The number of urea groups is 1. The number of aromatic nitrogens is 1. The van der Waals surface area contributed by atoms with E-state index in [2.05, 4.69) is 10.3 Å². The third kappa shape index (κ3) is 3.57. The number of aliphatic carboxylic acids is 1. The molecule has 2 amide bonds. The molecule has 3 N–H and O–H groups in total. The summed E-state index contributed by atoms with van der Waals surface area (Å²) in [6.45, 7) is 0.817. The molecule has 0 aliphatic carbocycles. The molecule has 104 valence electrons. The van der Waals surface area contributed by atoms with E-state index in [0.717, 1.165) is 24.2 Å². The van der Waals surface area contributed by atoms with Crippen molar-refractivity contribution in [3.05, 3.63) is 20.7 Å². The van der Waals surface area contributed by atoms with Gasteiger partial charge in [-0.15, -0.1) is 0 Å². The van der Waals surface area contributed by atoms with Gasteiger partial charge in [-0.1, -0.05) is 11.3 Å². The normalized spacial score (nSPS) is 18.5. The smallest absolute Gasteiger partial charge is 0.317 e. The van der Waals surface area contributed by atoms with Gasteiger partial charge >= 0.3 is 16.9 Å². The molecular weight excluding hydrogens is 270 g/mol. The van der Waals surface area contributed by atoms with Gasteiger partial charge < -0.3 is 20.3 Å². The largest absolute Gasteiger partial charge is 0.481 e. The molecule has 1 unspecified atom stereocenters. The van der Waals surface area contributed by atoms with E-state index in [1.54, 1.807) is 10.3 Å². The van der Waals surface area contributed by atoms with E-state index < -0.39 is 5.97 Å². The minimum atomic E-state index is -0.896. The van der Waals surface area contributed by atoms with Crippen LogP contribution in [0.5, 0.6) is 0 Å². The van der Waals surface area contributed by atoms with Crippen molar-refractivity contribution < 1.29 is 14.7 Å². The first-order chi connectivity index (χ1) is 9.06. The second kappa shape index (κ2) is 5.87. The van der Waals surface area contributed by atoms with Gasteiger partial charge in [-0.05, 0) is 12.8 Å². The molecule has 1 aliphatic rings. The number of carboxylic acid groups (broad SMARTS) is 1. The molecule has 0 spiro atoms. The van der Waals surface area contributed by atoms with Crippen molar-refractivity contribution in [2.24, 2.45) is 0 Å². The molecule has 0 bridgehead atoms. The second-order valence-electron chi connectivity index (χ2n) is 4.42. The Labute approximate surface area is 113 Å². The van der Waals surface area contributed by atoms with Crippen molar-refractivity contribution in [3.63, 3.8) is 0 Å². The van der Waals surface area contributed by atoms with Crippen molar-refractivity contribution >= 4 is 23.3 Å². The Morgan fingerprint density at radius 3 is 3.00 bits per heavy atom. The van der Waals surface area contributed by atoms with Crippen LogP contribution < -0.4 is 10.2 Å². The van der Waals surface area contributed by atoms with Crippen LogP contribution in [0, 0.1) is 0 Å². The van der Waals surface area contributed by atoms with E-state index >= 15 is 0 Å². The van der Waals surface area contributed by atoms with Crippen LogP contribution in [0.4, 0.5) is 4.79 Å². The second-order valence-corrected chi connectivity index (χ2v) is 5.26. The van der Waals surface area contributed by atoms with E-state index in [1.165, 1.54) is 0 Å². The lowest BCUT2D eigenvalue weighted by atomic mass is 10.1. The number of carbonyl (C=O) groups excluding carboxylic acids is 1. The number of H-pyrrole nitrogens is 1. The number of nitrogens with one attached hydrogen (secondary N) is 2. The van der Waals surface area contributed by atoms with Gasteiger partial charge in [-0.3, -0.25) is 9.59 Å². The van der Waals surface area contributed by atoms with Crippen molar-refractivity contribution in [1.82, 2.24) is 15.2 Å². The summed E-state index contributed by atoms with van der Waals surface area (Å²) in [6.07, 6.45) is 1.51. The summed E-state index contributed by atoms with van der Waals surface area (Å²) in [4.78, 5) is 37.6. The average Bonchev–Trinajstić information content (AvgIpc) is 2.94. The number of carboxylic acids is 1. The van der Waals surface area contributed by atoms with Gasteiger partial charge in [0.1, 0.15) is 0 Å². The third-order valence-corrected chi connectivity index (χ3v) is 3.77. The molecule has 19 heavy (non-hydrogen) atoms. The van der Waals surface area contributed by atoms with Crippen molar-refractivity contribution in [1.29, 1.82) is 0 Å². The van der Waals surface area contributed by atoms with E-state index in [1.807, 2.05) is 0 Å². The predicted octanol–water partition coefficient (Wildman–Crippen LogP) is 0.585. The first-order valence-corrected chi connectivity index (χ1v) is 6.87. The lowest BCUT2D eigenvalue weighted by Gasteiger charge is -2.23. The van der Waals surface area contributed by atoms with Gasteiger partial charge in [-0.2, -0.15) is 0 Å². The fourth-order valence-electron chi connectivity index (χ4n) is 2.19. The molecule has 2 heterocycles. The number of carbonyl (C=O) groups is 2. The summed E-state index contributed by atoms with van der Waals surface area (Å²) in [6, 6.07) is -0.519. The Morgan fingerprint density at radius 1 is 1.58 bits per heavy atom. The highest BCUT2D eigenvalue weighted by Crippen LogP contribution is 2.20. The van der Waals surface area contributed by atoms with Crippen LogP contribution in [0.25, 0.3) is 0 Å². The molecule has 7 nitrogen and oxygen atoms in total. The molecule has 1 saturated heterocycles. The lowest BCUT2D eigenvalue weighted by molar-refractivity contribution is -0.137. The number of rotatable bonds is 4. The van der Waals surface area contributed by atoms with Gasteiger partial charge in [0.25, 0.3) is 0 Å². The van der Waals surface area contributed by atoms with Gasteiger partial charge in [0.05, 0.1) is 13.0 Å². The van der Waals surface area contributed by atoms with Crippen LogP contribution in [0.1, 0.15) is 25.0 Å². The molecule has 1 aromatic heterocycles. The molecule has 1 aromatic rings. The summed E-state index contributed by atoms with van der Waals surface area (Å²) in [5, 5.41) is 13.1. The number of nitrogens with zero attached hydrogens (tertiary/aromatic N) is 1. The summed E-state index contributed by atoms with van der Waals surface area (Å²) in [5.74, 6) is -0.896. The molecule has 1 atom stereocenters. The topological polar surface area (TPSA) is 102 Å². The molecular formula is C11H15N3O4S. The number of hydrogen-bond donors (Lipinski definition) is 3. The van der Waals surface area contributed by atoms with Crippen LogP contribution in [0.15, 0.2) is 10.2 Å². The molecule has 1 aliphatic heterocycles. The molecule has 2 rings (SSSR count). The number of likely N-dealkylation sites (tertiary alicyclic amines) is 1. The maximum Gasteiger partial charge on any atom is 0.317 e. The average molecular weight is 285 g/mol. The Kier molecular flexibility index (Phi) is 4.20. The highest BCUT2D eigenvalue weighted by atomic mass is 32.1. The van der Waals surface area contributed by atoms with Crippen molar-refractivity contribution in [3.8, 4) is 0 Å². The SMILES string of the molecule is O=C(O)CC1CCCN1C(=O)NCc1csc(=O)[nH]1. The minimum absolute atomic E-state index is 0.0251. The van der Waals surface area contributed by atoms with Crippen molar-refractivity contribution in [2.75, 3.05) is 6.54 Å². The standard InChI is InChI=1S/C11H15N3O4S/c15-9(16)4-8-2-1-3-14(8)10(17)12-5-7-6-19-11(18)13-7/h6,8H,1-5H2,(H,12,17)(H,13,18)(H,15,16). The van der Waals surface area contributed by atoms with Crippen LogP contribution in [0.2, 0.25) is 0 Å². The Hall–Kier alpha value is -1.83. The fraction of sp³-hybridized carbons (Fsp3) is 0.545. The van der Waals surface area contributed by atoms with E-state index in [4.69, 9.17) is 5.11 Å². The zero-order chi connectivity index (χ0) is 13.8. The predicted molar refractivity (Wildman–Crippen MR) is 69.2 cm³/mol. The quantitative estimate of drug-likeness (QED) is 0.753. The first kappa shape index (κ1) is 13.6. The minimum Gasteiger partial charge on any atom is -0.481 e. The van der Waals surface area contributed by atoms with Gasteiger partial charge in [-0.25, -0.2) is 4.79 Å². The Balaban J connectivity index is 1.88. The molecule has 8 heteroatoms. The zero-order valence-electron chi connectivity index (χ0n) is 10.2. The zero-order valence-corrected chi connectivity index (χ0v) is 11.0. The monoisotopic (exact) mass is 285 g/mol. The van der Waals surface area contributed by atoms with E-state index in [9.17, 15) is 14.4 Å². The highest BCUT2D eigenvalue weighted by molar-refractivity contribution is 7.07. The number of thiazole rings is 1. The van der Waals surface area contributed by atoms with Crippen LogP contribution >= 0.6 is 11.3 Å². The van der Waals surface area contributed by atoms with Gasteiger partial charge in [0.15, 0.2) is 0 Å². The summed E-state index contributed by atoms with van der Waals surface area (Å²) < 4.78 is 0. The molecule has 0 radical (unpaired) electrons. The number of aromatic amines is 1. The molecule has 0 saturated carbocycles. The number of amides is 2. The Bertz CT molecular complexity index is 524. The highest BCUT2D eigenvalue weighted by Gasteiger charge is 2.30. The van der Waals surface area contributed by atoms with Crippen molar-refractivity contribution in [2.45, 2.75) is 31.8 Å². The summed E-state index contributed by atoms with van der Waals surface area (Å²) in [7, 11) is 0. The summed E-state index contributed by atoms with van der Waals surface area (Å²) >= 11 is 1.04. The molecule has 1 fully saturated rings. The lowest BCUT2D eigenvalue weighted by Crippen LogP contribution is -2.43. The number of hydrogen-bond acceptors (Lipinski definition) is 4. The van der Waals surface area contributed by atoms with Crippen LogP contribution in [-0.2, 0) is 11.3 Å². The maximum absolute atomic E-state index is 12.0. The third-order valence-electron chi connectivity index (χ3n) is 3.05. The van der Waals surface area contributed by atoms with Crippen LogP contribution in [-0.4, -0.2) is 39.6 Å².